The summed E-state index contributed by atoms with van der Waals surface area (Å²) in [5, 5.41) is 14.8. The molecule has 1 unspecified atom stereocenters. The van der Waals surface area contributed by atoms with Gasteiger partial charge in [0, 0.05) is 38.0 Å². The Bertz CT molecular complexity index is 798. The average Bonchev–Trinajstić information content (AvgIpc) is 3.39. The van der Waals surface area contributed by atoms with Crippen molar-refractivity contribution in [3.05, 3.63) is 41.5 Å². The van der Waals surface area contributed by atoms with Crippen molar-refractivity contribution in [3.63, 3.8) is 0 Å². The second kappa shape index (κ2) is 10.8. The van der Waals surface area contributed by atoms with E-state index < -0.39 is 0 Å². The third-order valence-corrected chi connectivity index (χ3v) is 4.81. The van der Waals surface area contributed by atoms with E-state index in [0.717, 1.165) is 62.2 Å². The van der Waals surface area contributed by atoms with Gasteiger partial charge in [-0.3, -0.25) is 0 Å². The Labute approximate surface area is 172 Å². The number of benzene rings is 1. The fourth-order valence-corrected chi connectivity index (χ4v) is 3.23. The maximum absolute atomic E-state index is 6.18. The molecule has 1 atom stereocenters. The average molecular weight is 401 g/mol. The van der Waals surface area contributed by atoms with Crippen LogP contribution in [-0.2, 0) is 24.2 Å². The highest BCUT2D eigenvalue weighted by atomic mass is 16.5. The van der Waals surface area contributed by atoms with E-state index in [4.69, 9.17) is 14.5 Å². The van der Waals surface area contributed by atoms with Crippen LogP contribution < -0.4 is 15.4 Å². The van der Waals surface area contributed by atoms with Crippen molar-refractivity contribution in [2.45, 2.75) is 52.8 Å². The smallest absolute Gasteiger partial charge is 0.191 e. The monoisotopic (exact) mass is 400 g/mol. The number of hydrogen-bond donors (Lipinski definition) is 2. The predicted octanol–water partition coefficient (Wildman–Crippen LogP) is 2.07. The molecule has 1 aliphatic heterocycles. The van der Waals surface area contributed by atoms with Crippen molar-refractivity contribution < 1.29 is 9.47 Å². The van der Waals surface area contributed by atoms with Gasteiger partial charge in [-0.15, -0.1) is 10.2 Å². The van der Waals surface area contributed by atoms with Crippen molar-refractivity contribution in [2.24, 2.45) is 4.99 Å². The van der Waals surface area contributed by atoms with Crippen LogP contribution in [0.5, 0.6) is 5.75 Å². The molecule has 2 aromatic rings. The fourth-order valence-electron chi connectivity index (χ4n) is 3.23. The molecule has 8 nitrogen and oxygen atoms in total. The summed E-state index contributed by atoms with van der Waals surface area (Å²) in [5.41, 5.74) is 2.25. The van der Waals surface area contributed by atoms with E-state index in [0.29, 0.717) is 13.2 Å². The molecule has 1 aromatic heterocycles. The number of guanidine groups is 1. The Balaban J connectivity index is 1.61. The van der Waals surface area contributed by atoms with Gasteiger partial charge in [0.15, 0.2) is 5.96 Å². The van der Waals surface area contributed by atoms with Gasteiger partial charge in [0.05, 0.1) is 19.8 Å². The first-order valence-corrected chi connectivity index (χ1v) is 10.4. The van der Waals surface area contributed by atoms with E-state index in [1.54, 1.807) is 6.33 Å². The van der Waals surface area contributed by atoms with Gasteiger partial charge < -0.3 is 24.7 Å². The highest BCUT2D eigenvalue weighted by Gasteiger charge is 2.18. The zero-order valence-electron chi connectivity index (χ0n) is 17.6. The van der Waals surface area contributed by atoms with Crippen LogP contribution in [0.1, 0.15) is 37.2 Å². The van der Waals surface area contributed by atoms with Gasteiger partial charge in [-0.1, -0.05) is 19.1 Å². The summed E-state index contributed by atoms with van der Waals surface area (Å²) >= 11 is 0. The molecule has 8 heteroatoms. The quantitative estimate of drug-likeness (QED) is 0.495. The molecule has 1 aromatic carbocycles. The van der Waals surface area contributed by atoms with Crippen LogP contribution in [0.15, 0.2) is 29.5 Å². The number of hydrogen-bond acceptors (Lipinski definition) is 5. The lowest BCUT2D eigenvalue weighted by Gasteiger charge is -2.16. The molecule has 0 bridgehead atoms. The highest BCUT2D eigenvalue weighted by Crippen LogP contribution is 2.24. The lowest BCUT2D eigenvalue weighted by Crippen LogP contribution is -2.39. The van der Waals surface area contributed by atoms with Crippen LogP contribution in [0.25, 0.3) is 0 Å². The molecule has 0 spiro atoms. The summed E-state index contributed by atoms with van der Waals surface area (Å²) in [4.78, 5) is 4.75. The fraction of sp³-hybridized carbons (Fsp3) is 0.571. The van der Waals surface area contributed by atoms with Crippen LogP contribution in [0.3, 0.4) is 0 Å². The Hall–Kier alpha value is -2.61. The number of aryl methyl sites for hydroxylation is 2. The van der Waals surface area contributed by atoms with Crippen molar-refractivity contribution in [1.29, 1.82) is 0 Å². The van der Waals surface area contributed by atoms with Gasteiger partial charge in [0.2, 0.25) is 0 Å². The lowest BCUT2D eigenvalue weighted by atomic mass is 10.1. The van der Waals surface area contributed by atoms with Crippen LogP contribution >= 0.6 is 0 Å². The van der Waals surface area contributed by atoms with Gasteiger partial charge in [0.25, 0.3) is 0 Å². The Morgan fingerprint density at radius 3 is 3.00 bits per heavy atom. The molecule has 1 fully saturated rings. The van der Waals surface area contributed by atoms with E-state index in [1.807, 2.05) is 0 Å². The number of rotatable bonds is 9. The van der Waals surface area contributed by atoms with E-state index in [9.17, 15) is 0 Å². The minimum Gasteiger partial charge on any atom is -0.488 e. The number of ether oxygens (including phenoxy) is 2. The van der Waals surface area contributed by atoms with E-state index in [-0.39, 0.29) is 6.10 Å². The van der Waals surface area contributed by atoms with Crippen LogP contribution in [0, 0.1) is 6.92 Å². The number of aliphatic imine (C=N–C) groups is 1. The lowest BCUT2D eigenvalue weighted by molar-refractivity contribution is 0.140. The zero-order valence-corrected chi connectivity index (χ0v) is 17.6. The highest BCUT2D eigenvalue weighted by molar-refractivity contribution is 5.79. The molecule has 0 amide bonds. The molecule has 1 saturated heterocycles. The topological polar surface area (TPSA) is 85.6 Å². The first-order chi connectivity index (χ1) is 14.2. The van der Waals surface area contributed by atoms with E-state index in [2.05, 4.69) is 64.4 Å². The first-order valence-electron chi connectivity index (χ1n) is 10.4. The molecule has 0 aliphatic carbocycles. The van der Waals surface area contributed by atoms with Crippen molar-refractivity contribution in [2.75, 3.05) is 26.3 Å². The Kier molecular flexibility index (Phi) is 7.86. The van der Waals surface area contributed by atoms with Gasteiger partial charge in [-0.2, -0.15) is 0 Å². The molecule has 2 heterocycles. The number of nitrogens with one attached hydrogen (secondary N) is 2. The molecule has 0 saturated carbocycles. The summed E-state index contributed by atoms with van der Waals surface area (Å²) in [6.45, 7) is 10.5. The minimum absolute atomic E-state index is 0.127. The maximum Gasteiger partial charge on any atom is 0.191 e. The summed E-state index contributed by atoms with van der Waals surface area (Å²) < 4.78 is 13.7. The second-order valence-corrected chi connectivity index (χ2v) is 7.13. The van der Waals surface area contributed by atoms with Crippen LogP contribution in [-0.4, -0.2) is 53.1 Å². The van der Waals surface area contributed by atoms with Gasteiger partial charge in [-0.05, 0) is 25.5 Å². The first kappa shape index (κ1) is 21.1. The molecular formula is C21H32N6O2. The largest absolute Gasteiger partial charge is 0.488 e. The third-order valence-electron chi connectivity index (χ3n) is 4.81. The normalized spacial score (nSPS) is 16.8. The summed E-state index contributed by atoms with van der Waals surface area (Å²) in [6.07, 6.45) is 3.70. The molecule has 29 heavy (non-hydrogen) atoms. The second-order valence-electron chi connectivity index (χ2n) is 7.13. The van der Waals surface area contributed by atoms with Crippen LogP contribution in [0.2, 0.25) is 0 Å². The Morgan fingerprint density at radius 1 is 1.34 bits per heavy atom. The standard InChI is InChI=1S/C21H32N6O2/c1-4-20-26-25-15-27(20)10-9-23-21(22-5-2)24-13-17-7-6-16(3)12-19(17)29-18-8-11-28-14-18/h6-7,12,15,18H,4-5,8-11,13-14H2,1-3H3,(H2,22,23,24). The molecule has 0 radical (unpaired) electrons. The molecule has 158 valence electrons. The number of aromatic nitrogens is 3. The van der Waals surface area contributed by atoms with Crippen molar-refractivity contribution >= 4 is 5.96 Å². The van der Waals surface area contributed by atoms with Crippen molar-refractivity contribution in [1.82, 2.24) is 25.4 Å². The molecule has 3 rings (SSSR count). The maximum atomic E-state index is 6.18. The summed E-state index contributed by atoms with van der Waals surface area (Å²) in [5.74, 6) is 2.68. The van der Waals surface area contributed by atoms with Crippen LogP contribution in [0.4, 0.5) is 0 Å². The number of nitrogens with zero attached hydrogens (tertiary/aromatic N) is 4. The summed E-state index contributed by atoms with van der Waals surface area (Å²) in [6, 6.07) is 6.28. The molecule has 1 aliphatic rings. The SMILES string of the molecule is CCNC(=NCc1ccc(C)cc1OC1CCOC1)NCCn1cnnc1CC. The predicted molar refractivity (Wildman–Crippen MR) is 113 cm³/mol. The minimum atomic E-state index is 0.127. The van der Waals surface area contributed by atoms with E-state index in [1.165, 1.54) is 5.56 Å². The summed E-state index contributed by atoms with van der Waals surface area (Å²) in [7, 11) is 0. The Morgan fingerprint density at radius 2 is 2.24 bits per heavy atom. The molecular weight excluding hydrogens is 368 g/mol. The van der Waals surface area contributed by atoms with Gasteiger partial charge in [0.1, 0.15) is 24.0 Å². The van der Waals surface area contributed by atoms with Gasteiger partial charge in [-0.25, -0.2) is 4.99 Å². The van der Waals surface area contributed by atoms with Crippen molar-refractivity contribution in [3.8, 4) is 5.75 Å². The zero-order chi connectivity index (χ0) is 20.5. The van der Waals surface area contributed by atoms with Gasteiger partial charge >= 0.3 is 0 Å². The molecule has 2 N–H and O–H groups in total. The van der Waals surface area contributed by atoms with E-state index >= 15 is 0 Å². The third kappa shape index (κ3) is 6.19.